The van der Waals surface area contributed by atoms with Crippen molar-refractivity contribution in [1.29, 1.82) is 0 Å². The number of ether oxygens (including phenoxy) is 1. The van der Waals surface area contributed by atoms with E-state index in [2.05, 4.69) is 11.3 Å². The average Bonchev–Trinajstić information content (AvgIpc) is 1.89. The maximum atomic E-state index is 10.3. The summed E-state index contributed by atoms with van der Waals surface area (Å²) in [6.07, 6.45) is 1.13. The van der Waals surface area contributed by atoms with Crippen LogP contribution in [0.25, 0.3) is 0 Å². The Balaban J connectivity index is 3.07. The molecular formula is C5H10O3Si. The highest BCUT2D eigenvalue weighted by molar-refractivity contribution is 5.97. The molecule has 0 amide bonds. The Labute approximate surface area is 57.2 Å². The van der Waals surface area contributed by atoms with Crippen molar-refractivity contribution in [3.05, 3.63) is 12.7 Å². The predicted octanol–water partition coefficient (Wildman–Crippen LogP) is -0.987. The van der Waals surface area contributed by atoms with Gasteiger partial charge in [-0.15, -0.1) is 0 Å². The zero-order valence-electron chi connectivity index (χ0n) is 5.42. The molecule has 0 aromatic carbocycles. The molecule has 0 bridgehead atoms. The fourth-order valence-electron chi connectivity index (χ4n) is 0.285. The van der Waals surface area contributed by atoms with Crippen LogP contribution in [-0.4, -0.2) is 29.7 Å². The highest BCUT2D eigenvalue weighted by atomic mass is 28.2. The van der Waals surface area contributed by atoms with Gasteiger partial charge in [0.05, 0.1) is 6.61 Å². The van der Waals surface area contributed by atoms with E-state index < -0.39 is 5.97 Å². The molecule has 0 N–H and O–H groups in total. The van der Waals surface area contributed by atoms with E-state index in [1.54, 1.807) is 0 Å². The van der Waals surface area contributed by atoms with E-state index in [0.717, 1.165) is 6.08 Å². The summed E-state index contributed by atoms with van der Waals surface area (Å²) in [5, 5.41) is 0. The summed E-state index contributed by atoms with van der Waals surface area (Å²) in [6, 6.07) is 0. The van der Waals surface area contributed by atoms with Gasteiger partial charge in [0, 0.05) is 6.08 Å². The molecule has 0 unspecified atom stereocenters. The van der Waals surface area contributed by atoms with E-state index in [0.29, 0.717) is 23.7 Å². The van der Waals surface area contributed by atoms with Crippen molar-refractivity contribution in [3.63, 3.8) is 0 Å². The van der Waals surface area contributed by atoms with E-state index in [1.165, 1.54) is 0 Å². The smallest absolute Gasteiger partial charge is 0.330 e. The molecule has 9 heavy (non-hydrogen) atoms. The van der Waals surface area contributed by atoms with Gasteiger partial charge in [0.25, 0.3) is 0 Å². The number of rotatable bonds is 4. The van der Waals surface area contributed by atoms with Gasteiger partial charge in [0.1, 0.15) is 17.1 Å². The highest BCUT2D eigenvalue weighted by Crippen LogP contribution is 1.77. The summed E-state index contributed by atoms with van der Waals surface area (Å²) in [4.78, 5) is 10.3. The molecule has 0 aliphatic rings. The van der Waals surface area contributed by atoms with Crippen LogP contribution >= 0.6 is 0 Å². The second kappa shape index (κ2) is 5.52. The molecule has 0 saturated heterocycles. The fourth-order valence-corrected chi connectivity index (χ4v) is 0.451. The lowest BCUT2D eigenvalue weighted by Gasteiger charge is -1.98. The van der Waals surface area contributed by atoms with Crippen molar-refractivity contribution >= 4 is 16.5 Å². The molecule has 4 heteroatoms. The molecule has 0 aliphatic heterocycles. The molecule has 0 atom stereocenters. The molecule has 0 spiro atoms. The molecule has 0 aromatic heterocycles. The summed E-state index contributed by atoms with van der Waals surface area (Å²) >= 11 is 0. The van der Waals surface area contributed by atoms with E-state index in [1.807, 2.05) is 0 Å². The lowest BCUT2D eigenvalue weighted by molar-refractivity contribution is -0.138. The van der Waals surface area contributed by atoms with Gasteiger partial charge in [-0.1, -0.05) is 6.58 Å². The maximum absolute atomic E-state index is 10.3. The van der Waals surface area contributed by atoms with Crippen LogP contribution in [0.3, 0.4) is 0 Å². The second-order valence-electron chi connectivity index (χ2n) is 1.36. The highest BCUT2D eigenvalue weighted by Gasteiger charge is 1.91. The summed E-state index contributed by atoms with van der Waals surface area (Å²) in [6.45, 7) is 4.05. The van der Waals surface area contributed by atoms with Crippen molar-refractivity contribution in [2.45, 2.75) is 0 Å². The van der Waals surface area contributed by atoms with E-state index in [-0.39, 0.29) is 0 Å². The number of hydrogen-bond acceptors (Lipinski definition) is 3. The van der Waals surface area contributed by atoms with Gasteiger partial charge in [-0.2, -0.15) is 0 Å². The summed E-state index contributed by atoms with van der Waals surface area (Å²) < 4.78 is 9.34. The van der Waals surface area contributed by atoms with Gasteiger partial charge in [-0.3, -0.25) is 0 Å². The van der Waals surface area contributed by atoms with E-state index in [9.17, 15) is 4.79 Å². The number of carbonyl (C=O) groups is 1. The average molecular weight is 146 g/mol. The van der Waals surface area contributed by atoms with Crippen molar-refractivity contribution in [3.8, 4) is 0 Å². The van der Waals surface area contributed by atoms with Gasteiger partial charge >= 0.3 is 5.97 Å². The molecule has 52 valence electrons. The van der Waals surface area contributed by atoms with Crippen molar-refractivity contribution < 1.29 is 14.0 Å². The molecule has 3 nitrogen and oxygen atoms in total. The lowest BCUT2D eigenvalue weighted by atomic mass is 10.6. The van der Waals surface area contributed by atoms with Gasteiger partial charge < -0.3 is 9.16 Å². The molecule has 0 aliphatic carbocycles. The summed E-state index contributed by atoms with van der Waals surface area (Å²) in [5.41, 5.74) is 0. The van der Waals surface area contributed by atoms with Crippen molar-refractivity contribution in [2.24, 2.45) is 0 Å². The summed E-state index contributed by atoms with van der Waals surface area (Å²) in [5.74, 6) is -0.395. The van der Waals surface area contributed by atoms with Crippen molar-refractivity contribution in [2.75, 3.05) is 13.2 Å². The van der Waals surface area contributed by atoms with Crippen LogP contribution in [0.15, 0.2) is 12.7 Å². The molecule has 0 rings (SSSR count). The van der Waals surface area contributed by atoms with Crippen LogP contribution in [0.5, 0.6) is 0 Å². The number of carbonyl (C=O) groups excluding carboxylic acids is 1. The Kier molecular flexibility index (Phi) is 5.15. The van der Waals surface area contributed by atoms with Crippen LogP contribution < -0.4 is 0 Å². The zero-order valence-corrected chi connectivity index (χ0v) is 7.42. The fraction of sp³-hybridized carbons (Fsp3) is 0.400. The third-order valence-electron chi connectivity index (χ3n) is 0.698. The van der Waals surface area contributed by atoms with Gasteiger partial charge in [-0.25, -0.2) is 4.79 Å². The third kappa shape index (κ3) is 5.25. The van der Waals surface area contributed by atoms with Gasteiger partial charge in [0.15, 0.2) is 0 Å². The van der Waals surface area contributed by atoms with E-state index >= 15 is 0 Å². The topological polar surface area (TPSA) is 35.5 Å². The Hall–Kier alpha value is -0.613. The van der Waals surface area contributed by atoms with Crippen LogP contribution in [0.1, 0.15) is 0 Å². The second-order valence-corrected chi connectivity index (χ2v) is 1.94. The quantitative estimate of drug-likeness (QED) is 0.221. The monoisotopic (exact) mass is 146 g/mol. The first-order valence-corrected chi connectivity index (χ1v) is 3.41. The molecule has 0 aromatic rings. The minimum Gasteiger partial charge on any atom is -0.460 e. The number of hydrogen-bond donors (Lipinski definition) is 0. The van der Waals surface area contributed by atoms with Crippen LogP contribution in [-0.2, 0) is 14.0 Å². The van der Waals surface area contributed by atoms with Crippen LogP contribution in [0.4, 0.5) is 0 Å². The Bertz CT molecular complexity index is 102. The largest absolute Gasteiger partial charge is 0.460 e. The SMILES string of the molecule is C=CC(=O)OCCO[SiH3]. The Morgan fingerprint density at radius 2 is 2.33 bits per heavy atom. The van der Waals surface area contributed by atoms with Crippen LogP contribution in [0, 0.1) is 0 Å². The predicted molar refractivity (Wildman–Crippen MR) is 37.0 cm³/mol. The maximum Gasteiger partial charge on any atom is 0.330 e. The van der Waals surface area contributed by atoms with E-state index in [4.69, 9.17) is 4.43 Å². The molecule has 0 saturated carbocycles. The first-order valence-electron chi connectivity index (χ1n) is 2.59. The summed E-state index contributed by atoms with van der Waals surface area (Å²) in [7, 11) is 0.683. The molecule has 0 fully saturated rings. The molecule has 0 radical (unpaired) electrons. The molecular weight excluding hydrogens is 136 g/mol. The number of esters is 1. The molecule has 0 heterocycles. The zero-order chi connectivity index (χ0) is 7.11. The van der Waals surface area contributed by atoms with Crippen LogP contribution in [0.2, 0.25) is 0 Å². The third-order valence-corrected chi connectivity index (χ3v) is 1.11. The minimum atomic E-state index is -0.395. The Morgan fingerprint density at radius 3 is 2.78 bits per heavy atom. The minimum absolute atomic E-state index is 0.328. The Morgan fingerprint density at radius 1 is 1.67 bits per heavy atom. The normalized spacial score (nSPS) is 8.89. The first kappa shape index (κ1) is 8.39. The van der Waals surface area contributed by atoms with Crippen molar-refractivity contribution in [1.82, 2.24) is 0 Å². The standard InChI is InChI=1S/C5H10O3Si/c1-2-5(6)7-3-4-8-9/h2H,1,3-4H2,9H3. The lowest BCUT2D eigenvalue weighted by Crippen LogP contribution is -2.06. The van der Waals surface area contributed by atoms with Gasteiger partial charge in [0.2, 0.25) is 0 Å². The first-order chi connectivity index (χ1) is 4.31. The van der Waals surface area contributed by atoms with Gasteiger partial charge in [-0.05, 0) is 0 Å².